The van der Waals surface area contributed by atoms with E-state index in [0.29, 0.717) is 11.7 Å². The van der Waals surface area contributed by atoms with E-state index in [1.54, 1.807) is 11.3 Å². The van der Waals surface area contributed by atoms with Gasteiger partial charge in [0, 0.05) is 53.5 Å². The first-order valence-electron chi connectivity index (χ1n) is 13.6. The van der Waals surface area contributed by atoms with Gasteiger partial charge in [-0.25, -0.2) is 15.0 Å². The lowest BCUT2D eigenvalue weighted by Gasteiger charge is -2.34. The molecule has 3 N–H and O–H groups in total. The summed E-state index contributed by atoms with van der Waals surface area (Å²) in [6, 6.07) is 3.62. The van der Waals surface area contributed by atoms with Crippen molar-refractivity contribution in [1.29, 1.82) is 0 Å². The molecule has 186 valence electrons. The minimum absolute atomic E-state index is 0.0180. The maximum absolute atomic E-state index is 13.0. The summed E-state index contributed by atoms with van der Waals surface area (Å²) in [5, 5.41) is 9.27. The zero-order chi connectivity index (χ0) is 27.6. The molecular formula is C26H29N7O2S. The third kappa shape index (κ3) is 3.99. The largest absolute Gasteiger partial charge is 0.363 e. The monoisotopic (exact) mass is 506 g/mol. The number of rotatable bonds is 6. The van der Waals surface area contributed by atoms with E-state index in [9.17, 15) is 9.59 Å². The number of carbonyl (C=O) groups is 2. The fourth-order valence-electron chi connectivity index (χ4n) is 4.57. The Labute approximate surface area is 218 Å². The molecule has 3 aromatic heterocycles. The van der Waals surface area contributed by atoms with Crippen LogP contribution in [0.1, 0.15) is 74.6 Å². The number of thiazole rings is 1. The minimum Gasteiger partial charge on any atom is -0.363 e. The Morgan fingerprint density at radius 3 is 2.72 bits per heavy atom. The van der Waals surface area contributed by atoms with Gasteiger partial charge in [-0.15, -0.1) is 11.3 Å². The van der Waals surface area contributed by atoms with Gasteiger partial charge in [0.2, 0.25) is 5.91 Å². The Morgan fingerprint density at radius 1 is 1.19 bits per heavy atom. The molecule has 6 rings (SSSR count). The van der Waals surface area contributed by atoms with Crippen LogP contribution >= 0.6 is 11.3 Å². The average molecular weight is 507 g/mol. The first-order chi connectivity index (χ1) is 18.5. The van der Waals surface area contributed by atoms with Crippen molar-refractivity contribution in [2.45, 2.75) is 51.5 Å². The van der Waals surface area contributed by atoms with E-state index in [0.717, 1.165) is 35.5 Å². The molecule has 1 atom stereocenters. The van der Waals surface area contributed by atoms with Crippen LogP contribution in [0.5, 0.6) is 0 Å². The van der Waals surface area contributed by atoms with Gasteiger partial charge in [0.15, 0.2) is 5.82 Å². The zero-order valence-electron chi connectivity index (χ0n) is 23.3. The van der Waals surface area contributed by atoms with Crippen molar-refractivity contribution < 1.29 is 13.7 Å². The molecule has 1 aliphatic heterocycles. The molecule has 2 aliphatic carbocycles. The lowest BCUT2D eigenvalue weighted by Crippen LogP contribution is -2.27. The molecule has 0 spiro atoms. The number of nitrogens with one attached hydrogen (secondary N) is 3. The molecule has 3 aromatic rings. The fraction of sp³-hybridized carbons (Fsp3) is 0.423. The standard InChI is InChI=1S/C26H29N7O2S/c1-12-9-16-20-22(36-26(32-20)15-7-8-15)13(2)33(4)21(16)23(29-12)30-18-10-19(31-24(34)14-5-6-14)28-11-17(18)25(35)27-3/h9-11,13-15H,5-8H2,1-4H3,(H,27,35)(H2,28,29,30,31,34)/t13-/m0/s1/i3D3. The third-order valence-corrected chi connectivity index (χ3v) is 8.39. The molecule has 4 heterocycles. The van der Waals surface area contributed by atoms with Crippen LogP contribution in [0, 0.1) is 12.8 Å². The Bertz CT molecular complexity index is 1500. The molecule has 0 bridgehead atoms. The van der Waals surface area contributed by atoms with Crippen LogP contribution in [0.2, 0.25) is 0 Å². The van der Waals surface area contributed by atoms with Crippen molar-refractivity contribution in [3.05, 3.63) is 39.5 Å². The van der Waals surface area contributed by atoms with Crippen molar-refractivity contribution >= 4 is 46.2 Å². The first kappa shape index (κ1) is 19.6. The van der Waals surface area contributed by atoms with Crippen LogP contribution in [0.4, 0.5) is 23.0 Å². The van der Waals surface area contributed by atoms with Crippen LogP contribution in [0.25, 0.3) is 11.3 Å². The topological polar surface area (TPSA) is 112 Å². The predicted molar refractivity (Wildman–Crippen MR) is 141 cm³/mol. The summed E-state index contributed by atoms with van der Waals surface area (Å²) in [6.07, 6.45) is 5.28. The molecule has 0 radical (unpaired) electrons. The van der Waals surface area contributed by atoms with E-state index >= 15 is 0 Å². The SMILES string of the molecule is [2H]C([2H])([2H])NC(=O)c1cnc(NC(=O)C2CC2)cc1Nc1nc(C)cc2c1N(C)[C@@H](C)c1sc(C3CC3)nc1-2. The molecule has 9 nitrogen and oxygen atoms in total. The third-order valence-electron chi connectivity index (χ3n) is 7.00. The molecule has 3 aliphatic rings. The molecule has 2 saturated carbocycles. The van der Waals surface area contributed by atoms with Gasteiger partial charge in [-0.05, 0) is 45.6 Å². The van der Waals surface area contributed by atoms with Gasteiger partial charge in [0.25, 0.3) is 5.91 Å². The number of aromatic nitrogens is 3. The molecule has 10 heteroatoms. The Morgan fingerprint density at radius 2 is 2.00 bits per heavy atom. The maximum atomic E-state index is 13.0. The van der Waals surface area contributed by atoms with Crippen LogP contribution in [-0.2, 0) is 4.79 Å². The summed E-state index contributed by atoms with van der Waals surface area (Å²) in [6.45, 7) is 1.35. The first-order valence-corrected chi connectivity index (χ1v) is 13.0. The fourth-order valence-corrected chi connectivity index (χ4v) is 5.91. The van der Waals surface area contributed by atoms with Crippen LogP contribution in [0.3, 0.4) is 0 Å². The van der Waals surface area contributed by atoms with E-state index in [4.69, 9.17) is 14.1 Å². The predicted octanol–water partition coefficient (Wildman–Crippen LogP) is 4.75. The normalized spacial score (nSPS) is 19.9. The highest BCUT2D eigenvalue weighted by Crippen LogP contribution is 2.52. The van der Waals surface area contributed by atoms with Crippen molar-refractivity contribution in [3.63, 3.8) is 0 Å². The lowest BCUT2D eigenvalue weighted by molar-refractivity contribution is -0.117. The van der Waals surface area contributed by atoms with Gasteiger partial charge in [-0.1, -0.05) is 0 Å². The Kier molecular flexibility index (Phi) is 4.66. The van der Waals surface area contributed by atoms with Gasteiger partial charge in [-0.2, -0.15) is 0 Å². The summed E-state index contributed by atoms with van der Waals surface area (Å²) in [5.41, 5.74) is 3.80. The van der Waals surface area contributed by atoms with Crippen LogP contribution < -0.4 is 20.9 Å². The zero-order valence-corrected chi connectivity index (χ0v) is 21.1. The number of hydrogen-bond donors (Lipinski definition) is 3. The number of nitrogens with zero attached hydrogens (tertiary/aromatic N) is 4. The quantitative estimate of drug-likeness (QED) is 0.442. The summed E-state index contributed by atoms with van der Waals surface area (Å²) in [7, 11) is 2.00. The van der Waals surface area contributed by atoms with Crippen LogP contribution in [-0.4, -0.2) is 40.8 Å². The van der Waals surface area contributed by atoms with E-state index in [1.165, 1.54) is 35.0 Å². The Hall–Kier alpha value is -3.53. The summed E-state index contributed by atoms with van der Waals surface area (Å²) >= 11 is 1.78. The number of pyridine rings is 2. The van der Waals surface area contributed by atoms with E-state index in [1.807, 2.05) is 25.4 Å². The maximum Gasteiger partial charge on any atom is 0.254 e. The summed E-state index contributed by atoms with van der Waals surface area (Å²) < 4.78 is 22.4. The van der Waals surface area contributed by atoms with Crippen molar-refractivity contribution in [2.75, 3.05) is 29.6 Å². The Balaban J connectivity index is 1.43. The second-order valence-corrected chi connectivity index (χ2v) is 10.9. The molecule has 36 heavy (non-hydrogen) atoms. The van der Waals surface area contributed by atoms with Gasteiger partial charge >= 0.3 is 0 Å². The summed E-state index contributed by atoms with van der Waals surface area (Å²) in [4.78, 5) is 42.7. The van der Waals surface area contributed by atoms with Gasteiger partial charge < -0.3 is 20.9 Å². The number of carbonyl (C=O) groups excluding carboxylic acids is 2. The number of fused-ring (bicyclic) bond motifs is 3. The molecule has 0 saturated heterocycles. The van der Waals surface area contributed by atoms with Crippen molar-refractivity contribution in [3.8, 4) is 11.3 Å². The number of hydrogen-bond acceptors (Lipinski definition) is 8. The average Bonchev–Trinajstić information content (AvgIpc) is 3.78. The highest BCUT2D eigenvalue weighted by molar-refractivity contribution is 7.12. The highest BCUT2D eigenvalue weighted by Gasteiger charge is 2.36. The van der Waals surface area contributed by atoms with Crippen molar-refractivity contribution in [2.24, 2.45) is 5.92 Å². The smallest absolute Gasteiger partial charge is 0.254 e. The van der Waals surface area contributed by atoms with E-state index in [2.05, 4.69) is 27.4 Å². The molecule has 0 unspecified atom stereocenters. The second-order valence-electron chi connectivity index (χ2n) is 9.79. The second kappa shape index (κ2) is 8.55. The lowest BCUT2D eigenvalue weighted by atomic mass is 9.99. The molecular weight excluding hydrogens is 474 g/mol. The van der Waals surface area contributed by atoms with Gasteiger partial charge in [0.05, 0.1) is 38.6 Å². The number of amides is 2. The highest BCUT2D eigenvalue weighted by atomic mass is 32.1. The minimum atomic E-state index is -2.68. The number of aryl methyl sites for hydroxylation is 1. The summed E-state index contributed by atoms with van der Waals surface area (Å²) in [5.74, 6) is 0.329. The number of anilines is 4. The van der Waals surface area contributed by atoms with Gasteiger partial charge in [-0.3, -0.25) is 9.59 Å². The van der Waals surface area contributed by atoms with E-state index in [-0.39, 0.29) is 34.9 Å². The molecule has 0 aromatic carbocycles. The van der Waals surface area contributed by atoms with E-state index < -0.39 is 12.9 Å². The van der Waals surface area contributed by atoms with Gasteiger partial charge in [0.1, 0.15) is 5.82 Å². The molecule has 2 fully saturated rings. The van der Waals surface area contributed by atoms with Crippen LogP contribution in [0.15, 0.2) is 18.3 Å². The molecule has 2 amide bonds. The van der Waals surface area contributed by atoms with Crippen molar-refractivity contribution in [1.82, 2.24) is 20.3 Å².